The average molecular weight is 901 g/mol. The lowest BCUT2D eigenvalue weighted by molar-refractivity contribution is -0.385. The zero-order chi connectivity index (χ0) is 47.6. The lowest BCUT2D eigenvalue weighted by Gasteiger charge is -2.26. The summed E-state index contributed by atoms with van der Waals surface area (Å²) in [6, 6.07) is 17.6. The molecular weight excluding hydrogens is 833 g/mol. The third-order valence-corrected chi connectivity index (χ3v) is 11.5. The summed E-state index contributed by atoms with van der Waals surface area (Å²) in [5.74, 6) is -4.32. The number of hydrogen-bond acceptors (Lipinski definition) is 9. The minimum Gasteiger partial charge on any atom is -0.502 e. The molecule has 0 aliphatic rings. The maximum atomic E-state index is 13.4. The number of benzene rings is 3. The summed E-state index contributed by atoms with van der Waals surface area (Å²) in [7, 11) is 0. The Kier molecular flexibility index (Phi) is 23.8. The molecule has 0 bridgehead atoms. The van der Waals surface area contributed by atoms with Crippen LogP contribution >= 0.6 is 0 Å². The lowest BCUT2D eigenvalue weighted by Crippen LogP contribution is -2.55. The van der Waals surface area contributed by atoms with Crippen LogP contribution in [0.25, 0.3) is 0 Å². The summed E-state index contributed by atoms with van der Waals surface area (Å²) >= 11 is 0. The van der Waals surface area contributed by atoms with Crippen LogP contribution in [0.5, 0.6) is 5.75 Å². The quantitative estimate of drug-likeness (QED) is 0.0208. The first kappa shape index (κ1) is 53.0. The number of nitrogens with two attached hydrogens (primary N) is 1. The molecule has 0 unspecified atom stereocenters. The molecular formula is C49H68N6O10. The Morgan fingerprint density at radius 3 is 1.51 bits per heavy atom. The third kappa shape index (κ3) is 20.4. The fourth-order valence-electron chi connectivity index (χ4n) is 7.50. The largest absolute Gasteiger partial charge is 0.502 e. The number of aromatic hydroxyl groups is 1. The molecule has 0 saturated carbocycles. The van der Waals surface area contributed by atoms with Gasteiger partial charge in [0.1, 0.15) is 24.2 Å². The zero-order valence-corrected chi connectivity index (χ0v) is 37.8. The molecule has 8 N–H and O–H groups in total. The van der Waals surface area contributed by atoms with Crippen molar-refractivity contribution in [2.45, 2.75) is 154 Å². The number of nitro benzene ring substituents is 1. The molecule has 3 aromatic rings. The lowest BCUT2D eigenvalue weighted by atomic mass is 9.97. The number of aliphatic carboxylic acids is 1. The van der Waals surface area contributed by atoms with Crippen molar-refractivity contribution in [3.05, 3.63) is 106 Å². The van der Waals surface area contributed by atoms with Gasteiger partial charge in [0.05, 0.1) is 4.92 Å². The van der Waals surface area contributed by atoms with E-state index in [9.17, 15) is 49.1 Å². The Morgan fingerprint density at radius 2 is 1.05 bits per heavy atom. The number of nitrogens with one attached hydrogen (secondary N) is 4. The number of carbonyl (C=O) groups excluding carboxylic acids is 5. The monoisotopic (exact) mass is 900 g/mol. The van der Waals surface area contributed by atoms with E-state index in [1.807, 2.05) is 44.2 Å². The standard InChI is InChI=1S/C49H68N6O10/c1-3-34(2)45(48(61)52-38(46(50)59)30-35-22-16-14-17-23-35)54-44(58)27-21-13-11-9-7-5-4-6-8-10-12-20-26-43(57)51-39(32-37-28-29-42(56)41(33-37)55(64)65)47(60)53-40(49(62)63)31-36-24-18-15-19-25-36/h14-19,22-25,28-29,33-34,38-40,45,56H,3-13,20-21,26-27,30-32H2,1-2H3,(H2,50,59)(H,51,57)(H,52,61)(H,53,60)(H,54,58)(H,62,63)/t34-,38-,39-,40-,45-/m0/s1. The van der Waals surface area contributed by atoms with E-state index in [2.05, 4.69) is 21.3 Å². The molecule has 0 fully saturated rings. The number of carbonyl (C=O) groups is 6. The van der Waals surface area contributed by atoms with E-state index in [1.54, 1.807) is 30.3 Å². The normalized spacial score (nSPS) is 13.3. The molecule has 5 amide bonds. The predicted molar refractivity (Wildman–Crippen MR) is 247 cm³/mol. The van der Waals surface area contributed by atoms with Gasteiger partial charge in [-0.25, -0.2) is 4.79 Å². The van der Waals surface area contributed by atoms with Gasteiger partial charge >= 0.3 is 11.7 Å². The second kappa shape index (κ2) is 29.2. The number of nitro groups is 1. The van der Waals surface area contributed by atoms with Gasteiger partial charge in [0.2, 0.25) is 29.5 Å². The Balaban J connectivity index is 1.31. The highest BCUT2D eigenvalue weighted by Gasteiger charge is 2.30. The van der Waals surface area contributed by atoms with Crippen LogP contribution in [0.15, 0.2) is 78.9 Å². The molecule has 0 aromatic heterocycles. The molecule has 5 atom stereocenters. The highest BCUT2D eigenvalue weighted by molar-refractivity contribution is 5.92. The number of hydrogen-bond donors (Lipinski definition) is 7. The molecule has 16 nitrogen and oxygen atoms in total. The summed E-state index contributed by atoms with van der Waals surface area (Å²) in [6.07, 6.45) is 12.7. The van der Waals surface area contributed by atoms with Crippen molar-refractivity contribution in [2.75, 3.05) is 0 Å². The average Bonchev–Trinajstić information content (AvgIpc) is 3.28. The number of phenols is 1. The Hall–Kier alpha value is -6.32. The number of nitrogens with zero attached hydrogens (tertiary/aromatic N) is 1. The van der Waals surface area contributed by atoms with Gasteiger partial charge in [0.15, 0.2) is 5.75 Å². The van der Waals surface area contributed by atoms with Gasteiger partial charge in [-0.2, -0.15) is 0 Å². The second-order valence-corrected chi connectivity index (χ2v) is 16.8. The molecule has 3 aromatic carbocycles. The Morgan fingerprint density at radius 1 is 0.600 bits per heavy atom. The first-order chi connectivity index (χ1) is 31.2. The van der Waals surface area contributed by atoms with Crippen molar-refractivity contribution in [1.82, 2.24) is 21.3 Å². The predicted octanol–water partition coefficient (Wildman–Crippen LogP) is 6.34. The van der Waals surface area contributed by atoms with Crippen molar-refractivity contribution < 1.29 is 43.9 Å². The maximum absolute atomic E-state index is 13.4. The van der Waals surface area contributed by atoms with Crippen LogP contribution in [0.3, 0.4) is 0 Å². The third-order valence-electron chi connectivity index (χ3n) is 11.5. The minimum atomic E-state index is -1.28. The van der Waals surface area contributed by atoms with Crippen LogP contribution in [-0.2, 0) is 48.0 Å². The summed E-state index contributed by atoms with van der Waals surface area (Å²) in [6.45, 7) is 3.84. The summed E-state index contributed by atoms with van der Waals surface area (Å²) in [5.41, 5.74) is 6.91. The van der Waals surface area contributed by atoms with Crippen LogP contribution in [0.1, 0.15) is 127 Å². The van der Waals surface area contributed by atoms with Crippen LogP contribution in [0, 0.1) is 16.0 Å². The number of carboxylic acid groups (broad SMARTS) is 1. The first-order valence-electron chi connectivity index (χ1n) is 22.9. The van der Waals surface area contributed by atoms with Crippen molar-refractivity contribution >= 4 is 41.2 Å². The minimum absolute atomic E-state index is 0.0132. The first-order valence-corrected chi connectivity index (χ1v) is 22.9. The Labute approximate surface area is 382 Å². The SMILES string of the molecule is CC[C@H](C)[C@H](NC(=O)CCCCCCCCCCCCCCC(=O)N[C@@H](Cc1ccc(O)c([N+](=O)[O-])c1)C(=O)N[C@@H](Cc1ccccc1)C(=O)O)C(=O)N[C@@H](Cc1ccccc1)C(N)=O. The molecule has 354 valence electrons. The van der Waals surface area contributed by atoms with Gasteiger partial charge < -0.3 is 37.2 Å². The second-order valence-electron chi connectivity index (χ2n) is 16.8. The van der Waals surface area contributed by atoms with E-state index < -0.39 is 70.1 Å². The van der Waals surface area contributed by atoms with Crippen molar-refractivity contribution in [3.8, 4) is 5.75 Å². The fourth-order valence-corrected chi connectivity index (χ4v) is 7.50. The van der Waals surface area contributed by atoms with Crippen LogP contribution in [0.2, 0.25) is 0 Å². The van der Waals surface area contributed by atoms with Gasteiger partial charge in [0.25, 0.3) is 0 Å². The van der Waals surface area contributed by atoms with Gasteiger partial charge in [-0.15, -0.1) is 0 Å². The summed E-state index contributed by atoms with van der Waals surface area (Å²) in [5, 5.41) is 42.0. The zero-order valence-electron chi connectivity index (χ0n) is 37.8. The molecule has 0 aliphatic carbocycles. The van der Waals surface area contributed by atoms with Crippen molar-refractivity contribution in [1.29, 1.82) is 0 Å². The van der Waals surface area contributed by atoms with E-state index >= 15 is 0 Å². The number of primary amides is 1. The van der Waals surface area contributed by atoms with Crippen LogP contribution in [-0.4, -0.2) is 74.8 Å². The van der Waals surface area contributed by atoms with Gasteiger partial charge in [-0.3, -0.25) is 34.1 Å². The topological polar surface area (TPSA) is 260 Å². The number of phenolic OH excluding ortho intramolecular Hbond substituents is 1. The smallest absolute Gasteiger partial charge is 0.326 e. The molecule has 3 rings (SSSR count). The van der Waals surface area contributed by atoms with E-state index in [1.165, 1.54) is 6.07 Å². The number of unbranched alkanes of at least 4 members (excludes halogenated alkanes) is 11. The molecule has 0 spiro atoms. The molecule has 0 aliphatic heterocycles. The van der Waals surface area contributed by atoms with E-state index in [-0.39, 0.29) is 37.5 Å². The summed E-state index contributed by atoms with van der Waals surface area (Å²) < 4.78 is 0. The van der Waals surface area contributed by atoms with Crippen molar-refractivity contribution in [2.24, 2.45) is 11.7 Å². The molecule has 16 heteroatoms. The summed E-state index contributed by atoms with van der Waals surface area (Å²) in [4.78, 5) is 87.3. The van der Waals surface area contributed by atoms with Crippen LogP contribution < -0.4 is 27.0 Å². The number of amides is 5. The maximum Gasteiger partial charge on any atom is 0.326 e. The van der Waals surface area contributed by atoms with E-state index in [0.717, 1.165) is 81.9 Å². The fraction of sp³-hybridized carbons (Fsp3) is 0.510. The van der Waals surface area contributed by atoms with Gasteiger partial charge in [-0.05, 0) is 41.5 Å². The number of rotatable bonds is 32. The van der Waals surface area contributed by atoms with Crippen molar-refractivity contribution in [3.63, 3.8) is 0 Å². The highest BCUT2D eigenvalue weighted by Crippen LogP contribution is 2.27. The number of carboxylic acids is 1. The highest BCUT2D eigenvalue weighted by atomic mass is 16.6. The van der Waals surface area contributed by atoms with E-state index in [0.29, 0.717) is 36.8 Å². The molecule has 65 heavy (non-hydrogen) atoms. The molecule has 0 radical (unpaired) electrons. The Bertz CT molecular complexity index is 1980. The molecule has 0 heterocycles. The van der Waals surface area contributed by atoms with E-state index in [4.69, 9.17) is 5.73 Å². The molecule has 0 saturated heterocycles. The van der Waals surface area contributed by atoms with Gasteiger partial charge in [-0.1, -0.05) is 151 Å². The van der Waals surface area contributed by atoms with Gasteiger partial charge in [0, 0.05) is 38.2 Å². The van der Waals surface area contributed by atoms with Crippen LogP contribution in [0.4, 0.5) is 5.69 Å².